The van der Waals surface area contributed by atoms with E-state index in [1.807, 2.05) is 25.1 Å². The fourth-order valence-corrected chi connectivity index (χ4v) is 1.27. The third-order valence-electron chi connectivity index (χ3n) is 1.92. The molecule has 0 spiro atoms. The minimum Gasteiger partial charge on any atom is -0.493 e. The first-order valence-corrected chi connectivity index (χ1v) is 4.17. The van der Waals surface area contributed by atoms with E-state index < -0.39 is 0 Å². The molecule has 0 heterocycles. The highest BCUT2D eigenvalue weighted by Crippen LogP contribution is 2.33. The number of para-hydroxylation sites is 1. The van der Waals surface area contributed by atoms with E-state index in [0.29, 0.717) is 0 Å². The average molecular weight is 218 g/mol. The van der Waals surface area contributed by atoms with Crippen molar-refractivity contribution in [2.24, 2.45) is 5.73 Å². The summed E-state index contributed by atoms with van der Waals surface area (Å²) in [5.74, 6) is 1.44. The number of nitrogens with two attached hydrogens (primary N) is 1. The predicted molar refractivity (Wildman–Crippen MR) is 59.4 cm³/mol. The lowest BCUT2D eigenvalue weighted by molar-refractivity contribution is 0.350. The van der Waals surface area contributed by atoms with Gasteiger partial charge in [0.15, 0.2) is 11.5 Å². The quantitative estimate of drug-likeness (QED) is 0.844. The topological polar surface area (TPSA) is 44.5 Å². The maximum absolute atomic E-state index is 5.78. The Labute approximate surface area is 90.6 Å². The molecule has 0 fully saturated rings. The summed E-state index contributed by atoms with van der Waals surface area (Å²) < 4.78 is 10.4. The molecular formula is C10H16ClNO2. The van der Waals surface area contributed by atoms with Gasteiger partial charge in [0, 0.05) is 11.6 Å². The van der Waals surface area contributed by atoms with Crippen LogP contribution in [0.4, 0.5) is 0 Å². The van der Waals surface area contributed by atoms with Gasteiger partial charge in [-0.05, 0) is 13.0 Å². The second kappa shape index (κ2) is 5.73. The lowest BCUT2D eigenvalue weighted by atomic mass is 10.1. The average Bonchev–Trinajstić information content (AvgIpc) is 2.16. The maximum atomic E-state index is 5.78. The number of ether oxygens (including phenoxy) is 2. The van der Waals surface area contributed by atoms with Crippen LogP contribution in [-0.2, 0) is 0 Å². The van der Waals surface area contributed by atoms with Gasteiger partial charge in [0.05, 0.1) is 14.2 Å². The molecule has 0 saturated carbocycles. The van der Waals surface area contributed by atoms with Crippen LogP contribution in [0.25, 0.3) is 0 Å². The summed E-state index contributed by atoms with van der Waals surface area (Å²) in [5, 5.41) is 0. The highest BCUT2D eigenvalue weighted by atomic mass is 35.5. The van der Waals surface area contributed by atoms with Crippen LogP contribution in [0.15, 0.2) is 18.2 Å². The third-order valence-corrected chi connectivity index (χ3v) is 1.92. The van der Waals surface area contributed by atoms with E-state index in [4.69, 9.17) is 15.2 Å². The van der Waals surface area contributed by atoms with Crippen molar-refractivity contribution in [1.29, 1.82) is 0 Å². The van der Waals surface area contributed by atoms with Crippen LogP contribution in [0.3, 0.4) is 0 Å². The number of hydrogen-bond donors (Lipinski definition) is 1. The lowest BCUT2D eigenvalue weighted by Gasteiger charge is -2.14. The Morgan fingerprint density at radius 2 is 1.86 bits per heavy atom. The molecule has 80 valence electrons. The molecule has 0 aromatic heterocycles. The first kappa shape index (κ1) is 13.1. The van der Waals surface area contributed by atoms with Crippen molar-refractivity contribution in [1.82, 2.24) is 0 Å². The molecule has 1 aromatic carbocycles. The number of rotatable bonds is 3. The summed E-state index contributed by atoms with van der Waals surface area (Å²) in [4.78, 5) is 0. The highest BCUT2D eigenvalue weighted by molar-refractivity contribution is 5.85. The minimum atomic E-state index is -0.0509. The van der Waals surface area contributed by atoms with Gasteiger partial charge in [-0.2, -0.15) is 0 Å². The van der Waals surface area contributed by atoms with Crippen molar-refractivity contribution < 1.29 is 9.47 Å². The molecule has 0 aliphatic rings. The van der Waals surface area contributed by atoms with Gasteiger partial charge in [-0.25, -0.2) is 0 Å². The van der Waals surface area contributed by atoms with Gasteiger partial charge in [0.25, 0.3) is 0 Å². The molecule has 1 aromatic rings. The van der Waals surface area contributed by atoms with Gasteiger partial charge in [-0.1, -0.05) is 12.1 Å². The molecule has 0 aliphatic heterocycles. The Kier molecular flexibility index (Phi) is 5.35. The number of methoxy groups -OCH3 is 2. The molecule has 2 N–H and O–H groups in total. The van der Waals surface area contributed by atoms with Gasteiger partial charge in [-0.3, -0.25) is 0 Å². The monoisotopic (exact) mass is 217 g/mol. The van der Waals surface area contributed by atoms with Gasteiger partial charge >= 0.3 is 0 Å². The molecule has 1 atom stereocenters. The molecule has 0 saturated heterocycles. The summed E-state index contributed by atoms with van der Waals surface area (Å²) >= 11 is 0. The normalized spacial score (nSPS) is 11.4. The number of halogens is 1. The van der Waals surface area contributed by atoms with E-state index in [2.05, 4.69) is 0 Å². The molecule has 0 aliphatic carbocycles. The van der Waals surface area contributed by atoms with E-state index >= 15 is 0 Å². The Balaban J connectivity index is 0.00000169. The van der Waals surface area contributed by atoms with Crippen LogP contribution in [0.5, 0.6) is 11.5 Å². The van der Waals surface area contributed by atoms with Crippen molar-refractivity contribution in [3.8, 4) is 11.5 Å². The summed E-state index contributed by atoms with van der Waals surface area (Å²) in [6, 6.07) is 5.64. The molecule has 3 nitrogen and oxygen atoms in total. The van der Waals surface area contributed by atoms with E-state index in [0.717, 1.165) is 17.1 Å². The molecular weight excluding hydrogens is 202 g/mol. The zero-order chi connectivity index (χ0) is 9.84. The Hall–Kier alpha value is -0.930. The summed E-state index contributed by atoms with van der Waals surface area (Å²) in [6.45, 7) is 1.91. The van der Waals surface area contributed by atoms with E-state index in [9.17, 15) is 0 Å². The zero-order valence-electron chi connectivity index (χ0n) is 8.61. The molecule has 0 amide bonds. The fraction of sp³-hybridized carbons (Fsp3) is 0.400. The van der Waals surface area contributed by atoms with Gasteiger partial charge in [-0.15, -0.1) is 12.4 Å². The predicted octanol–water partition coefficient (Wildman–Crippen LogP) is 2.15. The van der Waals surface area contributed by atoms with Crippen molar-refractivity contribution in [2.45, 2.75) is 13.0 Å². The smallest absolute Gasteiger partial charge is 0.165 e. The van der Waals surface area contributed by atoms with Crippen molar-refractivity contribution in [2.75, 3.05) is 14.2 Å². The number of benzene rings is 1. The van der Waals surface area contributed by atoms with Crippen LogP contribution in [0.1, 0.15) is 18.5 Å². The minimum absolute atomic E-state index is 0. The fourth-order valence-electron chi connectivity index (χ4n) is 1.27. The zero-order valence-corrected chi connectivity index (χ0v) is 9.43. The largest absolute Gasteiger partial charge is 0.493 e. The standard InChI is InChI=1S/C10H15NO2.ClH/c1-7(11)8-5-4-6-9(12-2)10(8)13-3;/h4-7H,11H2,1-3H3;1H/t7-;/m0./s1. The van der Waals surface area contributed by atoms with Crippen LogP contribution in [0.2, 0.25) is 0 Å². The first-order valence-electron chi connectivity index (χ1n) is 4.17. The Bertz CT molecular complexity index is 289. The van der Waals surface area contributed by atoms with Crippen molar-refractivity contribution in [3.63, 3.8) is 0 Å². The van der Waals surface area contributed by atoms with Crippen LogP contribution in [0, 0.1) is 0 Å². The van der Waals surface area contributed by atoms with E-state index in [-0.39, 0.29) is 18.4 Å². The molecule has 4 heteroatoms. The first-order chi connectivity index (χ1) is 6.20. The molecule has 14 heavy (non-hydrogen) atoms. The summed E-state index contributed by atoms with van der Waals surface area (Å²) in [7, 11) is 3.23. The van der Waals surface area contributed by atoms with Crippen molar-refractivity contribution >= 4 is 12.4 Å². The molecule has 0 radical (unpaired) electrons. The van der Waals surface area contributed by atoms with Gasteiger partial charge < -0.3 is 15.2 Å². The lowest BCUT2D eigenvalue weighted by Crippen LogP contribution is -2.07. The number of hydrogen-bond acceptors (Lipinski definition) is 3. The SMILES string of the molecule is COc1cccc([C@H](C)N)c1OC.Cl. The molecule has 0 bridgehead atoms. The van der Waals surface area contributed by atoms with Crippen molar-refractivity contribution in [3.05, 3.63) is 23.8 Å². The Morgan fingerprint density at radius 1 is 1.21 bits per heavy atom. The highest BCUT2D eigenvalue weighted by Gasteiger charge is 2.11. The van der Waals surface area contributed by atoms with Crippen LogP contribution >= 0.6 is 12.4 Å². The summed E-state index contributed by atoms with van der Waals surface area (Å²) in [6.07, 6.45) is 0. The molecule has 1 rings (SSSR count). The van der Waals surface area contributed by atoms with E-state index in [1.54, 1.807) is 14.2 Å². The van der Waals surface area contributed by atoms with Crippen LogP contribution in [-0.4, -0.2) is 14.2 Å². The maximum Gasteiger partial charge on any atom is 0.165 e. The summed E-state index contributed by atoms with van der Waals surface area (Å²) in [5.41, 5.74) is 6.74. The second-order valence-corrected chi connectivity index (χ2v) is 2.87. The second-order valence-electron chi connectivity index (χ2n) is 2.87. The van der Waals surface area contributed by atoms with Crippen LogP contribution < -0.4 is 15.2 Å². The van der Waals surface area contributed by atoms with Gasteiger partial charge in [0.1, 0.15) is 0 Å². The van der Waals surface area contributed by atoms with E-state index in [1.165, 1.54) is 0 Å². The van der Waals surface area contributed by atoms with Gasteiger partial charge in [0.2, 0.25) is 0 Å². The Morgan fingerprint density at radius 3 is 2.29 bits per heavy atom. The third kappa shape index (κ3) is 2.53. The molecule has 0 unspecified atom stereocenters.